The van der Waals surface area contributed by atoms with Gasteiger partial charge in [-0.25, -0.2) is 13.4 Å². The highest BCUT2D eigenvalue weighted by atomic mass is 32.2. The summed E-state index contributed by atoms with van der Waals surface area (Å²) in [5.74, 6) is -1.76. The zero-order chi connectivity index (χ0) is 37.4. The van der Waals surface area contributed by atoms with E-state index in [0.29, 0.717) is 23.8 Å². The molecular formula is C34H54N6O8S. The SMILES string of the molecule is Cc1nc(CNC(=O)c2cc(C(=O)N[C@@H](CC(C)C)[C@@H](O)C[C@@H](C)C(=O)N[C@H](C(=O)NC(C)C)C(C)C)cc(N(C)S(C)(=O)=O)c2)c(C)o1. The Bertz CT molecular complexity index is 1590. The second kappa shape index (κ2) is 17.6. The molecule has 0 spiro atoms. The lowest BCUT2D eigenvalue weighted by atomic mass is 9.91. The van der Waals surface area contributed by atoms with E-state index in [4.69, 9.17) is 4.42 Å². The lowest BCUT2D eigenvalue weighted by Crippen LogP contribution is -2.53. The van der Waals surface area contributed by atoms with Gasteiger partial charge in [0.2, 0.25) is 21.8 Å². The van der Waals surface area contributed by atoms with Gasteiger partial charge in [0.05, 0.1) is 30.6 Å². The van der Waals surface area contributed by atoms with Crippen LogP contribution in [0.1, 0.15) is 99.4 Å². The van der Waals surface area contributed by atoms with Crippen molar-refractivity contribution in [1.29, 1.82) is 0 Å². The number of anilines is 1. The number of aromatic nitrogens is 1. The van der Waals surface area contributed by atoms with E-state index in [2.05, 4.69) is 26.3 Å². The van der Waals surface area contributed by atoms with E-state index in [1.54, 1.807) is 20.8 Å². The minimum absolute atomic E-state index is 0.00528. The van der Waals surface area contributed by atoms with Crippen molar-refractivity contribution in [2.24, 2.45) is 17.8 Å². The molecule has 274 valence electrons. The van der Waals surface area contributed by atoms with Gasteiger partial charge in [-0.2, -0.15) is 0 Å². The quantitative estimate of drug-likeness (QED) is 0.164. The Morgan fingerprint density at radius 1 is 0.878 bits per heavy atom. The van der Waals surface area contributed by atoms with Gasteiger partial charge in [0.15, 0.2) is 5.89 Å². The number of hydrogen-bond acceptors (Lipinski definition) is 9. The molecule has 49 heavy (non-hydrogen) atoms. The number of carbonyl (C=O) groups excluding carboxylic acids is 4. The zero-order valence-electron chi connectivity index (χ0n) is 30.5. The number of aryl methyl sites for hydroxylation is 2. The molecule has 4 atom stereocenters. The number of benzene rings is 1. The van der Waals surface area contributed by atoms with Crippen molar-refractivity contribution in [3.63, 3.8) is 0 Å². The lowest BCUT2D eigenvalue weighted by Gasteiger charge is -2.29. The molecule has 0 aliphatic carbocycles. The van der Waals surface area contributed by atoms with Crippen molar-refractivity contribution in [2.75, 3.05) is 17.6 Å². The predicted octanol–water partition coefficient (Wildman–Crippen LogP) is 2.81. The first-order chi connectivity index (χ1) is 22.6. The third-order valence-corrected chi connectivity index (χ3v) is 9.15. The molecule has 0 aliphatic rings. The molecule has 0 bridgehead atoms. The van der Waals surface area contributed by atoms with E-state index in [1.807, 2.05) is 41.5 Å². The third-order valence-electron chi connectivity index (χ3n) is 7.95. The van der Waals surface area contributed by atoms with E-state index in [9.17, 15) is 32.7 Å². The number of nitrogens with one attached hydrogen (secondary N) is 4. The maximum absolute atomic E-state index is 13.7. The van der Waals surface area contributed by atoms with Crippen molar-refractivity contribution in [3.05, 3.63) is 46.7 Å². The average molecular weight is 707 g/mol. The average Bonchev–Trinajstić information content (AvgIpc) is 3.31. The molecule has 14 nitrogen and oxygen atoms in total. The predicted molar refractivity (Wildman–Crippen MR) is 187 cm³/mol. The number of rotatable bonds is 17. The van der Waals surface area contributed by atoms with Crippen LogP contribution in [0.3, 0.4) is 0 Å². The second-order valence-corrected chi connectivity index (χ2v) is 15.7. The van der Waals surface area contributed by atoms with E-state index < -0.39 is 51.9 Å². The monoisotopic (exact) mass is 706 g/mol. The van der Waals surface area contributed by atoms with Crippen LogP contribution in [0, 0.1) is 31.6 Å². The van der Waals surface area contributed by atoms with Crippen LogP contribution in [0.5, 0.6) is 0 Å². The Hall–Kier alpha value is -3.98. The first-order valence-corrected chi connectivity index (χ1v) is 18.3. The van der Waals surface area contributed by atoms with Crippen LogP contribution in [0.4, 0.5) is 5.69 Å². The molecule has 15 heteroatoms. The van der Waals surface area contributed by atoms with Crippen molar-refractivity contribution >= 4 is 39.3 Å². The van der Waals surface area contributed by atoms with Crippen LogP contribution < -0.4 is 25.6 Å². The normalized spacial score (nSPS) is 14.3. The van der Waals surface area contributed by atoms with Gasteiger partial charge in [-0.05, 0) is 63.6 Å². The Morgan fingerprint density at radius 2 is 1.47 bits per heavy atom. The molecule has 0 saturated carbocycles. The molecule has 2 rings (SSSR count). The van der Waals surface area contributed by atoms with Crippen molar-refractivity contribution < 1.29 is 37.1 Å². The summed E-state index contributed by atoms with van der Waals surface area (Å²) in [6.07, 6.45) is 0.208. The van der Waals surface area contributed by atoms with E-state index in [0.717, 1.165) is 10.6 Å². The lowest BCUT2D eigenvalue weighted by molar-refractivity contribution is -0.132. The molecule has 1 aromatic carbocycles. The highest BCUT2D eigenvalue weighted by Gasteiger charge is 2.31. The number of sulfonamides is 1. The number of nitrogens with zero attached hydrogens (tertiary/aromatic N) is 2. The molecule has 1 heterocycles. The van der Waals surface area contributed by atoms with E-state index in [-0.39, 0.29) is 53.6 Å². The van der Waals surface area contributed by atoms with Crippen molar-refractivity contribution in [3.8, 4) is 0 Å². The van der Waals surface area contributed by atoms with Crippen molar-refractivity contribution in [1.82, 2.24) is 26.3 Å². The molecule has 0 saturated heterocycles. The fourth-order valence-corrected chi connectivity index (χ4v) is 5.65. The maximum Gasteiger partial charge on any atom is 0.251 e. The summed E-state index contributed by atoms with van der Waals surface area (Å²) in [5, 5.41) is 22.5. The minimum Gasteiger partial charge on any atom is -0.446 e. The fourth-order valence-electron chi connectivity index (χ4n) is 5.16. The Labute approximate surface area is 290 Å². The Morgan fingerprint density at radius 3 is 1.96 bits per heavy atom. The first-order valence-electron chi connectivity index (χ1n) is 16.5. The summed E-state index contributed by atoms with van der Waals surface area (Å²) >= 11 is 0. The van der Waals surface area contributed by atoms with Gasteiger partial charge in [0, 0.05) is 37.1 Å². The smallest absolute Gasteiger partial charge is 0.251 e. The van der Waals surface area contributed by atoms with Crippen LogP contribution in [0.25, 0.3) is 0 Å². The van der Waals surface area contributed by atoms with Gasteiger partial charge in [-0.3, -0.25) is 23.5 Å². The molecule has 5 N–H and O–H groups in total. The molecular weight excluding hydrogens is 652 g/mol. The molecule has 0 unspecified atom stereocenters. The second-order valence-electron chi connectivity index (χ2n) is 13.7. The highest BCUT2D eigenvalue weighted by Crippen LogP contribution is 2.23. The Kier molecular flexibility index (Phi) is 14.8. The van der Waals surface area contributed by atoms with Gasteiger partial charge in [0.25, 0.3) is 11.8 Å². The van der Waals surface area contributed by atoms with Crippen LogP contribution in [-0.2, 0) is 26.2 Å². The molecule has 0 fully saturated rings. The zero-order valence-corrected chi connectivity index (χ0v) is 31.3. The maximum atomic E-state index is 13.7. The minimum atomic E-state index is -3.75. The van der Waals surface area contributed by atoms with Crippen molar-refractivity contribution in [2.45, 2.75) is 106 Å². The summed E-state index contributed by atoms with van der Waals surface area (Å²) in [6, 6.07) is 2.40. The number of aliphatic hydroxyl groups is 1. The largest absolute Gasteiger partial charge is 0.446 e. The topological polar surface area (TPSA) is 200 Å². The number of oxazole rings is 1. The first kappa shape index (κ1) is 41.2. The molecule has 0 radical (unpaired) electrons. The van der Waals surface area contributed by atoms with Crippen LogP contribution in [-0.4, -0.2) is 79.7 Å². The van der Waals surface area contributed by atoms with Gasteiger partial charge in [0.1, 0.15) is 17.5 Å². The summed E-state index contributed by atoms with van der Waals surface area (Å²) in [4.78, 5) is 57.0. The van der Waals surface area contributed by atoms with Gasteiger partial charge >= 0.3 is 0 Å². The van der Waals surface area contributed by atoms with Gasteiger partial charge < -0.3 is 30.8 Å². The van der Waals surface area contributed by atoms with E-state index >= 15 is 0 Å². The number of carbonyl (C=O) groups is 4. The molecule has 2 aromatic rings. The van der Waals surface area contributed by atoms with Crippen LogP contribution in [0.15, 0.2) is 22.6 Å². The Balaban J connectivity index is 2.32. The summed E-state index contributed by atoms with van der Waals surface area (Å²) in [6.45, 7) is 16.2. The van der Waals surface area contributed by atoms with Crippen LogP contribution in [0.2, 0.25) is 0 Å². The van der Waals surface area contributed by atoms with E-state index in [1.165, 1.54) is 25.2 Å². The summed E-state index contributed by atoms with van der Waals surface area (Å²) in [5.41, 5.74) is 0.638. The highest BCUT2D eigenvalue weighted by molar-refractivity contribution is 7.92. The molecule has 4 amide bonds. The third kappa shape index (κ3) is 12.4. The number of aliphatic hydroxyl groups excluding tert-OH is 1. The number of hydrogen-bond donors (Lipinski definition) is 5. The number of amides is 4. The van der Waals surface area contributed by atoms with Gasteiger partial charge in [-0.15, -0.1) is 0 Å². The molecule has 0 aliphatic heterocycles. The van der Waals surface area contributed by atoms with Gasteiger partial charge in [-0.1, -0.05) is 34.6 Å². The summed E-state index contributed by atoms with van der Waals surface area (Å²) in [7, 11) is -2.45. The van der Waals surface area contributed by atoms with Crippen LogP contribution >= 0.6 is 0 Å². The fraction of sp³-hybridized carbons (Fsp3) is 0.618. The molecule has 1 aromatic heterocycles. The standard InChI is InChI=1S/C34H54N6O8S/c1-18(2)12-27(29(41)13-21(7)31(42)39-30(19(3)4)34(45)36-20(5)6)38-33(44)25-14-24(15-26(16-25)40(10)49(11,46)47)32(43)35-17-28-22(8)48-23(9)37-28/h14-16,18-21,27,29-30,41H,12-13,17H2,1-11H3,(H,35,43)(H,36,45)(H,38,44)(H,39,42)/t21-,27+,29+,30+/m1/s1. The summed E-state index contributed by atoms with van der Waals surface area (Å²) < 4.78 is 31.2.